The molecule has 1 atom stereocenters. The third-order valence-electron chi connectivity index (χ3n) is 4.72. The number of ether oxygens (including phenoxy) is 1. The van der Waals surface area contributed by atoms with Crippen molar-refractivity contribution >= 4 is 21.9 Å². The fourth-order valence-electron chi connectivity index (χ4n) is 3.01. The summed E-state index contributed by atoms with van der Waals surface area (Å²) in [6, 6.07) is 6.42. The van der Waals surface area contributed by atoms with Gasteiger partial charge in [0.05, 0.1) is 11.5 Å². The summed E-state index contributed by atoms with van der Waals surface area (Å²) < 4.78 is 31.4. The lowest BCUT2D eigenvalue weighted by atomic mass is 9.98. The van der Waals surface area contributed by atoms with Gasteiger partial charge in [-0.1, -0.05) is 26.0 Å². The monoisotopic (exact) mass is 398 g/mol. The molecule has 0 bridgehead atoms. The van der Waals surface area contributed by atoms with Crippen LogP contribution < -0.4 is 5.32 Å². The van der Waals surface area contributed by atoms with E-state index in [1.54, 1.807) is 26.0 Å². The molecule has 1 fully saturated rings. The number of benzene rings is 1. The fraction of sp³-hybridized carbons (Fsp3) is 0.556. The van der Waals surface area contributed by atoms with Gasteiger partial charge in [0, 0.05) is 32.5 Å². The van der Waals surface area contributed by atoms with Crippen LogP contribution in [-0.4, -0.2) is 61.5 Å². The zero-order valence-corrected chi connectivity index (χ0v) is 16.4. The third kappa shape index (κ3) is 4.85. The van der Waals surface area contributed by atoms with E-state index in [4.69, 9.17) is 4.74 Å². The first-order valence-corrected chi connectivity index (χ1v) is 10.4. The molecule has 0 aliphatic carbocycles. The van der Waals surface area contributed by atoms with E-state index in [1.807, 2.05) is 0 Å². The Kier molecular flexibility index (Phi) is 6.96. The van der Waals surface area contributed by atoms with Crippen LogP contribution >= 0.6 is 0 Å². The van der Waals surface area contributed by atoms with Crippen molar-refractivity contribution in [3.63, 3.8) is 0 Å². The molecule has 150 valence electrons. The molecule has 1 aliphatic rings. The van der Waals surface area contributed by atoms with Crippen molar-refractivity contribution < 1.29 is 27.9 Å². The van der Waals surface area contributed by atoms with Crippen molar-refractivity contribution in [2.75, 3.05) is 26.3 Å². The number of carbonyl (C=O) groups is 2. The lowest BCUT2D eigenvalue weighted by Crippen LogP contribution is -2.55. The van der Waals surface area contributed by atoms with Gasteiger partial charge in [-0.3, -0.25) is 4.79 Å². The highest BCUT2D eigenvalue weighted by atomic mass is 32.2. The Labute approximate surface area is 159 Å². The molecule has 0 radical (unpaired) electrons. The second-order valence-corrected chi connectivity index (χ2v) is 8.41. The van der Waals surface area contributed by atoms with Crippen molar-refractivity contribution in [1.82, 2.24) is 9.62 Å². The summed E-state index contributed by atoms with van der Waals surface area (Å²) in [4.78, 5) is 23.8. The number of carboxylic acid groups (broad SMARTS) is 1. The summed E-state index contributed by atoms with van der Waals surface area (Å²) in [6.07, 6.45) is 0.733. The molecule has 27 heavy (non-hydrogen) atoms. The van der Waals surface area contributed by atoms with Crippen LogP contribution in [0.5, 0.6) is 0 Å². The fourth-order valence-corrected chi connectivity index (χ4v) is 4.47. The molecule has 1 aromatic carbocycles. The summed E-state index contributed by atoms with van der Waals surface area (Å²) in [5.41, 5.74) is -0.547. The highest BCUT2D eigenvalue weighted by Crippen LogP contribution is 2.20. The summed E-state index contributed by atoms with van der Waals surface area (Å²) in [7, 11) is -3.51. The van der Waals surface area contributed by atoms with E-state index in [0.717, 1.165) is 5.56 Å². The highest BCUT2D eigenvalue weighted by molar-refractivity contribution is 7.89. The number of rotatable bonds is 9. The van der Waals surface area contributed by atoms with Gasteiger partial charge in [0.2, 0.25) is 15.9 Å². The Bertz CT molecular complexity index is 766. The summed E-state index contributed by atoms with van der Waals surface area (Å²) in [6.45, 7) is 4.63. The maximum atomic E-state index is 12.5. The topological polar surface area (TPSA) is 113 Å². The summed E-state index contributed by atoms with van der Waals surface area (Å²) in [5, 5.41) is 11.9. The lowest BCUT2D eigenvalue weighted by molar-refractivity contribution is -0.147. The van der Waals surface area contributed by atoms with Crippen LogP contribution in [0.4, 0.5) is 0 Å². The standard InChI is InChI=1S/C18H26N2O6S/c1-3-20(4-2)27(24,25)15-8-5-14(6-9-15)7-10-16(21)19-18(17(22)23)11-12-26-13-18/h5-6,8-9H,3-4,7,10-13H2,1-2H3,(H,19,21)(H,22,23). The van der Waals surface area contributed by atoms with Crippen LogP contribution in [0, 0.1) is 0 Å². The smallest absolute Gasteiger partial charge is 0.331 e. The van der Waals surface area contributed by atoms with Gasteiger partial charge in [-0.2, -0.15) is 4.31 Å². The Morgan fingerprint density at radius 2 is 1.85 bits per heavy atom. The van der Waals surface area contributed by atoms with Gasteiger partial charge in [0.1, 0.15) is 0 Å². The number of hydrogen-bond donors (Lipinski definition) is 2. The van der Waals surface area contributed by atoms with Crippen LogP contribution in [-0.2, 0) is 30.8 Å². The average Bonchev–Trinajstić information content (AvgIpc) is 3.11. The minimum atomic E-state index is -3.51. The summed E-state index contributed by atoms with van der Waals surface area (Å²) in [5.74, 6) is -1.47. The molecule has 2 rings (SSSR count). The van der Waals surface area contributed by atoms with Crippen LogP contribution in [0.2, 0.25) is 0 Å². The van der Waals surface area contributed by atoms with Crippen molar-refractivity contribution in [3.05, 3.63) is 29.8 Å². The van der Waals surface area contributed by atoms with Crippen LogP contribution in [0.1, 0.15) is 32.3 Å². The van der Waals surface area contributed by atoms with Gasteiger partial charge in [-0.05, 0) is 24.1 Å². The van der Waals surface area contributed by atoms with Crippen molar-refractivity contribution in [3.8, 4) is 0 Å². The molecule has 1 heterocycles. The van der Waals surface area contributed by atoms with Crippen LogP contribution in [0.3, 0.4) is 0 Å². The van der Waals surface area contributed by atoms with Crippen molar-refractivity contribution in [2.45, 2.75) is 43.5 Å². The number of aryl methyl sites for hydroxylation is 1. The van der Waals surface area contributed by atoms with Crippen LogP contribution in [0.25, 0.3) is 0 Å². The van der Waals surface area contributed by atoms with Gasteiger partial charge in [-0.25, -0.2) is 13.2 Å². The molecule has 1 aliphatic heterocycles. The molecule has 1 amide bonds. The van der Waals surface area contributed by atoms with E-state index >= 15 is 0 Å². The predicted octanol–water partition coefficient (Wildman–Crippen LogP) is 1.01. The van der Waals surface area contributed by atoms with Gasteiger partial charge >= 0.3 is 5.97 Å². The number of hydrogen-bond acceptors (Lipinski definition) is 5. The largest absolute Gasteiger partial charge is 0.479 e. The van der Waals surface area contributed by atoms with Gasteiger partial charge < -0.3 is 15.2 Å². The van der Waals surface area contributed by atoms with E-state index in [9.17, 15) is 23.1 Å². The molecule has 8 nitrogen and oxygen atoms in total. The first-order chi connectivity index (χ1) is 12.7. The second-order valence-electron chi connectivity index (χ2n) is 6.47. The van der Waals surface area contributed by atoms with Gasteiger partial charge in [0.15, 0.2) is 5.54 Å². The van der Waals surface area contributed by atoms with Gasteiger partial charge in [0.25, 0.3) is 0 Å². The third-order valence-corrected chi connectivity index (χ3v) is 6.78. The number of nitrogens with one attached hydrogen (secondary N) is 1. The van der Waals surface area contributed by atoms with E-state index in [2.05, 4.69) is 5.32 Å². The van der Waals surface area contributed by atoms with Crippen molar-refractivity contribution in [1.29, 1.82) is 0 Å². The zero-order chi connectivity index (χ0) is 20.1. The number of nitrogens with zero attached hydrogens (tertiary/aromatic N) is 1. The number of aliphatic carboxylic acids is 1. The van der Waals surface area contributed by atoms with E-state index in [-0.39, 0.29) is 30.3 Å². The molecule has 0 spiro atoms. The molecule has 0 aromatic heterocycles. The maximum Gasteiger partial charge on any atom is 0.331 e. The van der Waals surface area contributed by atoms with Gasteiger partial charge in [-0.15, -0.1) is 0 Å². The number of carbonyl (C=O) groups excluding carboxylic acids is 1. The van der Waals surface area contributed by atoms with Crippen LogP contribution in [0.15, 0.2) is 29.2 Å². The quantitative estimate of drug-likeness (QED) is 0.642. The van der Waals surface area contributed by atoms with E-state index in [0.29, 0.717) is 26.1 Å². The Balaban J connectivity index is 1.97. The summed E-state index contributed by atoms with van der Waals surface area (Å²) >= 11 is 0. The molecule has 1 aromatic rings. The Hall–Kier alpha value is -1.97. The minimum Gasteiger partial charge on any atom is -0.479 e. The Morgan fingerprint density at radius 1 is 1.22 bits per heavy atom. The lowest BCUT2D eigenvalue weighted by Gasteiger charge is -2.23. The maximum absolute atomic E-state index is 12.5. The normalized spacial score (nSPS) is 20.0. The molecule has 1 unspecified atom stereocenters. The predicted molar refractivity (Wildman–Crippen MR) is 98.8 cm³/mol. The number of sulfonamides is 1. The minimum absolute atomic E-state index is 0.0357. The SMILES string of the molecule is CCN(CC)S(=O)(=O)c1ccc(CCC(=O)NC2(C(=O)O)CCOC2)cc1. The highest BCUT2D eigenvalue weighted by Gasteiger charge is 2.43. The Morgan fingerprint density at radius 3 is 2.33 bits per heavy atom. The first-order valence-electron chi connectivity index (χ1n) is 8.96. The first kappa shape index (κ1) is 21.3. The molecular formula is C18H26N2O6S. The zero-order valence-electron chi connectivity index (χ0n) is 15.6. The molecular weight excluding hydrogens is 372 g/mol. The number of amides is 1. The molecule has 9 heteroatoms. The molecule has 1 saturated heterocycles. The van der Waals surface area contributed by atoms with Crippen molar-refractivity contribution in [2.24, 2.45) is 0 Å². The number of carboxylic acids is 1. The second kappa shape index (κ2) is 8.81. The average molecular weight is 398 g/mol. The van der Waals surface area contributed by atoms with E-state index in [1.165, 1.54) is 16.4 Å². The molecule has 0 saturated carbocycles. The van der Waals surface area contributed by atoms with E-state index < -0.39 is 21.5 Å². The molecule has 2 N–H and O–H groups in total.